The zero-order chi connectivity index (χ0) is 18.7. The zero-order valence-electron chi connectivity index (χ0n) is 15.8. The highest BCUT2D eigenvalue weighted by Crippen LogP contribution is 2.64. The number of benzene rings is 1. The number of carbonyl (C=O) groups is 1. The van der Waals surface area contributed by atoms with E-state index < -0.39 is 15.4 Å². The lowest BCUT2D eigenvalue weighted by Crippen LogP contribution is -2.43. The number of carbonyl (C=O) groups excluding carboxylic acids is 1. The lowest BCUT2D eigenvalue weighted by molar-refractivity contribution is -0.128. The third-order valence-electron chi connectivity index (χ3n) is 6.60. The van der Waals surface area contributed by atoms with Crippen molar-refractivity contribution in [2.75, 3.05) is 10.5 Å². The second kappa shape index (κ2) is 5.57. The summed E-state index contributed by atoms with van der Waals surface area (Å²) in [5.41, 5.74) is 0.765. The lowest BCUT2D eigenvalue weighted by atomic mass is 9.70. The van der Waals surface area contributed by atoms with Crippen molar-refractivity contribution in [3.05, 3.63) is 29.8 Å². The van der Waals surface area contributed by atoms with Crippen LogP contribution in [0.1, 0.15) is 59.4 Å². The molecule has 1 aromatic rings. The number of nitrogens with one attached hydrogen (secondary N) is 1. The van der Waals surface area contributed by atoms with Crippen molar-refractivity contribution in [2.24, 2.45) is 16.7 Å². The first kappa shape index (κ1) is 18.4. The average molecular weight is 364 g/mol. The fourth-order valence-electron chi connectivity index (χ4n) is 4.69. The molecule has 25 heavy (non-hydrogen) atoms. The van der Waals surface area contributed by atoms with Crippen LogP contribution in [0, 0.1) is 16.7 Å². The highest BCUT2D eigenvalue weighted by molar-refractivity contribution is 7.92. The molecule has 1 aromatic carbocycles. The van der Waals surface area contributed by atoms with Crippen LogP contribution in [0.15, 0.2) is 24.3 Å². The van der Waals surface area contributed by atoms with Crippen LogP contribution in [0.25, 0.3) is 0 Å². The van der Waals surface area contributed by atoms with Gasteiger partial charge in [0.1, 0.15) is 5.78 Å². The van der Waals surface area contributed by atoms with E-state index in [1.807, 2.05) is 12.1 Å². The highest BCUT2D eigenvalue weighted by atomic mass is 32.2. The molecule has 2 aliphatic rings. The lowest BCUT2D eigenvalue weighted by Gasteiger charge is -2.36. The van der Waals surface area contributed by atoms with Gasteiger partial charge in [0.05, 0.1) is 11.2 Å². The van der Waals surface area contributed by atoms with Gasteiger partial charge in [0.2, 0.25) is 10.0 Å². The third-order valence-corrected chi connectivity index (χ3v) is 8.02. The van der Waals surface area contributed by atoms with Crippen molar-refractivity contribution >= 4 is 21.5 Å². The van der Waals surface area contributed by atoms with Crippen LogP contribution in [-0.4, -0.2) is 20.0 Å². The van der Waals surface area contributed by atoms with Gasteiger partial charge in [0.25, 0.3) is 0 Å². The van der Waals surface area contributed by atoms with Crippen LogP contribution in [0.3, 0.4) is 0 Å². The van der Waals surface area contributed by atoms with Crippen LogP contribution in [0.2, 0.25) is 0 Å². The van der Waals surface area contributed by atoms with E-state index in [0.717, 1.165) is 12.0 Å². The monoisotopic (exact) mass is 363 g/mol. The molecule has 5 heteroatoms. The topological polar surface area (TPSA) is 63.2 Å². The number of hydrogen-bond acceptors (Lipinski definition) is 3. The molecular formula is C20H29NO3S. The van der Waals surface area contributed by atoms with Gasteiger partial charge in [-0.1, -0.05) is 46.8 Å². The Morgan fingerprint density at radius 3 is 2.20 bits per heavy atom. The molecule has 2 bridgehead atoms. The second-order valence-corrected chi connectivity index (χ2v) is 11.1. The molecule has 0 saturated heterocycles. The minimum atomic E-state index is -3.59. The van der Waals surface area contributed by atoms with E-state index in [9.17, 15) is 13.2 Å². The first-order valence-electron chi connectivity index (χ1n) is 9.02. The summed E-state index contributed by atoms with van der Waals surface area (Å²) in [7, 11) is -3.59. The molecule has 0 aromatic heterocycles. The molecule has 0 spiro atoms. The summed E-state index contributed by atoms with van der Waals surface area (Å²) in [6.45, 7) is 10.5. The van der Waals surface area contributed by atoms with E-state index >= 15 is 0 Å². The molecule has 0 amide bonds. The summed E-state index contributed by atoms with van der Waals surface area (Å²) >= 11 is 0. The molecule has 2 aliphatic carbocycles. The summed E-state index contributed by atoms with van der Waals surface area (Å²) in [5, 5.41) is 0. The average Bonchev–Trinajstić information content (AvgIpc) is 2.80. The van der Waals surface area contributed by atoms with Gasteiger partial charge in [-0.05, 0) is 47.3 Å². The molecule has 0 radical (unpaired) electrons. The molecule has 3 rings (SSSR count). The van der Waals surface area contributed by atoms with Gasteiger partial charge in [0.15, 0.2) is 0 Å². The maximum Gasteiger partial charge on any atom is 0.233 e. The fourth-order valence-corrected chi connectivity index (χ4v) is 6.58. The van der Waals surface area contributed by atoms with Gasteiger partial charge >= 0.3 is 0 Å². The minimum Gasteiger partial charge on any atom is -0.299 e. The van der Waals surface area contributed by atoms with E-state index in [2.05, 4.69) is 39.3 Å². The first-order chi connectivity index (χ1) is 11.4. The summed E-state index contributed by atoms with van der Waals surface area (Å²) in [4.78, 5) is 12.6. The van der Waals surface area contributed by atoms with Gasteiger partial charge < -0.3 is 0 Å². The smallest absolute Gasteiger partial charge is 0.233 e. The number of ketones is 1. The van der Waals surface area contributed by atoms with Gasteiger partial charge in [0, 0.05) is 12.1 Å². The largest absolute Gasteiger partial charge is 0.299 e. The predicted octanol–water partition coefficient (Wildman–Crippen LogP) is 4.12. The van der Waals surface area contributed by atoms with Crippen LogP contribution in [0.5, 0.6) is 0 Å². The Morgan fingerprint density at radius 2 is 1.76 bits per heavy atom. The Bertz CT molecular complexity index is 787. The van der Waals surface area contributed by atoms with Crippen molar-refractivity contribution in [2.45, 2.75) is 59.3 Å². The molecule has 0 heterocycles. The maximum absolute atomic E-state index is 12.8. The molecule has 2 fully saturated rings. The van der Waals surface area contributed by atoms with E-state index in [-0.39, 0.29) is 22.4 Å². The van der Waals surface area contributed by atoms with E-state index in [1.165, 1.54) is 0 Å². The van der Waals surface area contributed by atoms with Gasteiger partial charge in [-0.25, -0.2) is 8.42 Å². The van der Waals surface area contributed by atoms with Crippen LogP contribution >= 0.6 is 0 Å². The maximum atomic E-state index is 12.8. The molecule has 2 atom stereocenters. The van der Waals surface area contributed by atoms with Gasteiger partial charge in [-0.3, -0.25) is 9.52 Å². The summed E-state index contributed by atoms with van der Waals surface area (Å²) < 4.78 is 28.3. The van der Waals surface area contributed by atoms with Crippen molar-refractivity contribution in [1.82, 2.24) is 0 Å². The molecule has 2 saturated carbocycles. The quantitative estimate of drug-likeness (QED) is 0.875. The normalized spacial score (nSPS) is 28.4. The summed E-state index contributed by atoms with van der Waals surface area (Å²) in [6, 6.07) is 7.50. The Hall–Kier alpha value is -1.36. The van der Waals surface area contributed by atoms with E-state index in [4.69, 9.17) is 0 Å². The molecule has 138 valence electrons. The number of fused-ring (bicyclic) bond motifs is 2. The SMILES string of the molecule is CC(C)(C)c1ccc(NS(=O)(=O)CC23CCC(CC2=O)C3(C)C)cc1. The van der Waals surface area contributed by atoms with Crippen molar-refractivity contribution in [1.29, 1.82) is 0 Å². The van der Waals surface area contributed by atoms with Gasteiger partial charge in [-0.2, -0.15) is 0 Å². The molecule has 4 nitrogen and oxygen atoms in total. The standard InChI is InChI=1S/C20H29NO3S/c1-18(2,3)14-6-8-16(9-7-14)21-25(23,24)13-20-11-10-15(12-17(20)22)19(20,4)5/h6-9,15,21H,10-13H2,1-5H3. The molecular weight excluding hydrogens is 334 g/mol. The number of Topliss-reactive ketones (excluding diaryl/α,β-unsaturated/α-hetero) is 1. The minimum absolute atomic E-state index is 0.0233. The third kappa shape index (κ3) is 3.01. The van der Waals surface area contributed by atoms with E-state index in [1.54, 1.807) is 12.1 Å². The Labute approximate surface area is 151 Å². The van der Waals surface area contributed by atoms with Crippen LogP contribution in [-0.2, 0) is 20.2 Å². The number of hydrogen-bond donors (Lipinski definition) is 1. The molecule has 2 unspecified atom stereocenters. The van der Waals surface area contributed by atoms with Crippen LogP contribution in [0.4, 0.5) is 5.69 Å². The zero-order valence-corrected chi connectivity index (χ0v) is 16.7. The Morgan fingerprint density at radius 1 is 1.16 bits per heavy atom. The van der Waals surface area contributed by atoms with Gasteiger partial charge in [-0.15, -0.1) is 0 Å². The number of anilines is 1. The van der Waals surface area contributed by atoms with Crippen LogP contribution < -0.4 is 4.72 Å². The highest BCUT2D eigenvalue weighted by Gasteiger charge is 2.65. The van der Waals surface area contributed by atoms with Crippen molar-refractivity contribution in [3.8, 4) is 0 Å². The first-order valence-corrected chi connectivity index (χ1v) is 10.7. The number of sulfonamides is 1. The molecule has 0 aliphatic heterocycles. The Balaban J connectivity index is 1.80. The second-order valence-electron chi connectivity index (χ2n) is 9.36. The van der Waals surface area contributed by atoms with Crippen molar-refractivity contribution in [3.63, 3.8) is 0 Å². The molecule has 1 N–H and O–H groups in total. The summed E-state index contributed by atoms with van der Waals surface area (Å²) in [6.07, 6.45) is 2.17. The van der Waals surface area contributed by atoms with E-state index in [0.29, 0.717) is 24.4 Å². The van der Waals surface area contributed by atoms with Crippen molar-refractivity contribution < 1.29 is 13.2 Å². The Kier molecular flexibility index (Phi) is 4.10. The summed E-state index contributed by atoms with van der Waals surface area (Å²) in [5.74, 6) is 0.340. The predicted molar refractivity (Wildman–Crippen MR) is 101 cm³/mol. The number of rotatable bonds is 4. The fraction of sp³-hybridized carbons (Fsp3) is 0.650.